The molecule has 1 atom stereocenters. The van der Waals surface area contributed by atoms with Crippen molar-refractivity contribution in [1.29, 1.82) is 0 Å². The highest BCUT2D eigenvalue weighted by molar-refractivity contribution is 9.10. The van der Waals surface area contributed by atoms with Crippen molar-refractivity contribution in [1.82, 2.24) is 5.32 Å². The van der Waals surface area contributed by atoms with Crippen LogP contribution in [-0.2, 0) is 0 Å². The van der Waals surface area contributed by atoms with Gasteiger partial charge < -0.3 is 10.1 Å². The Kier molecular flexibility index (Phi) is 5.00. The fourth-order valence-electron chi connectivity index (χ4n) is 3.51. The van der Waals surface area contributed by atoms with E-state index in [0.29, 0.717) is 6.04 Å². The third-order valence-corrected chi connectivity index (χ3v) is 5.17. The molecule has 1 heterocycles. The Morgan fingerprint density at radius 1 is 1.15 bits per heavy atom. The standard InChI is InChI=1S/C17H24BrNO/c18-14-6-7-17-15(12-14)16(9-11-20-17)19-10-8-13-4-2-1-3-5-13/h6-7,12-13,16,19H,1-5,8-11H2. The third-order valence-electron chi connectivity index (χ3n) is 4.68. The molecule has 0 saturated heterocycles. The minimum atomic E-state index is 0.458. The van der Waals surface area contributed by atoms with Crippen LogP contribution in [0.4, 0.5) is 0 Å². The first-order chi connectivity index (χ1) is 9.83. The van der Waals surface area contributed by atoms with Gasteiger partial charge in [0.25, 0.3) is 0 Å². The number of nitrogens with one attached hydrogen (secondary N) is 1. The first-order valence-corrected chi connectivity index (χ1v) is 8.78. The van der Waals surface area contributed by atoms with Gasteiger partial charge in [-0.05, 0) is 37.1 Å². The molecule has 2 nitrogen and oxygen atoms in total. The summed E-state index contributed by atoms with van der Waals surface area (Å²) in [5.74, 6) is 2.01. The zero-order valence-electron chi connectivity index (χ0n) is 12.0. The van der Waals surface area contributed by atoms with Crippen molar-refractivity contribution in [3.05, 3.63) is 28.2 Å². The van der Waals surface area contributed by atoms with Gasteiger partial charge in [-0.1, -0.05) is 48.0 Å². The second-order valence-electron chi connectivity index (χ2n) is 6.12. The average Bonchev–Trinajstić information content (AvgIpc) is 2.49. The second kappa shape index (κ2) is 6.95. The van der Waals surface area contributed by atoms with E-state index in [1.54, 1.807) is 0 Å². The van der Waals surface area contributed by atoms with Gasteiger partial charge in [0.05, 0.1) is 6.61 Å². The summed E-state index contributed by atoms with van der Waals surface area (Å²) in [6, 6.07) is 6.80. The van der Waals surface area contributed by atoms with Crippen molar-refractivity contribution < 1.29 is 4.74 Å². The molecule has 2 aliphatic rings. The van der Waals surface area contributed by atoms with Gasteiger partial charge in [0.15, 0.2) is 0 Å². The van der Waals surface area contributed by atoms with Gasteiger partial charge in [0.1, 0.15) is 5.75 Å². The number of hydrogen-bond donors (Lipinski definition) is 1. The van der Waals surface area contributed by atoms with Crippen molar-refractivity contribution in [2.75, 3.05) is 13.2 Å². The number of ether oxygens (including phenoxy) is 1. The minimum absolute atomic E-state index is 0.458. The molecular formula is C17H24BrNO. The first kappa shape index (κ1) is 14.4. The van der Waals surface area contributed by atoms with E-state index in [1.165, 1.54) is 44.1 Å². The number of benzene rings is 1. The summed E-state index contributed by atoms with van der Waals surface area (Å²) in [6.07, 6.45) is 9.63. The minimum Gasteiger partial charge on any atom is -0.493 e. The van der Waals surface area contributed by atoms with Crippen LogP contribution in [0.15, 0.2) is 22.7 Å². The first-order valence-electron chi connectivity index (χ1n) is 7.98. The smallest absolute Gasteiger partial charge is 0.124 e. The molecule has 110 valence electrons. The predicted molar refractivity (Wildman–Crippen MR) is 86.2 cm³/mol. The van der Waals surface area contributed by atoms with E-state index >= 15 is 0 Å². The van der Waals surface area contributed by atoms with E-state index in [4.69, 9.17) is 4.74 Å². The summed E-state index contributed by atoms with van der Waals surface area (Å²) in [4.78, 5) is 0. The Morgan fingerprint density at radius 2 is 2.00 bits per heavy atom. The molecule has 1 aromatic rings. The van der Waals surface area contributed by atoms with E-state index in [-0.39, 0.29) is 0 Å². The molecule has 20 heavy (non-hydrogen) atoms. The number of hydrogen-bond acceptors (Lipinski definition) is 2. The van der Waals surface area contributed by atoms with Gasteiger partial charge in [-0.3, -0.25) is 0 Å². The molecule has 3 rings (SSSR count). The van der Waals surface area contributed by atoms with Gasteiger partial charge in [0, 0.05) is 22.5 Å². The number of rotatable bonds is 4. The lowest BCUT2D eigenvalue weighted by molar-refractivity contribution is 0.247. The van der Waals surface area contributed by atoms with Crippen molar-refractivity contribution in [3.63, 3.8) is 0 Å². The van der Waals surface area contributed by atoms with Crippen LogP contribution in [0.25, 0.3) is 0 Å². The molecule has 1 aromatic carbocycles. The van der Waals surface area contributed by atoms with Crippen LogP contribution >= 0.6 is 15.9 Å². The van der Waals surface area contributed by atoms with E-state index in [0.717, 1.165) is 35.7 Å². The SMILES string of the molecule is Brc1ccc2c(c1)C(NCCC1CCCCC1)CCO2. The van der Waals surface area contributed by atoms with Crippen molar-refractivity contribution in [2.45, 2.75) is 51.0 Å². The zero-order valence-corrected chi connectivity index (χ0v) is 13.6. The molecule has 0 spiro atoms. The molecule has 1 fully saturated rings. The monoisotopic (exact) mass is 337 g/mol. The second-order valence-corrected chi connectivity index (χ2v) is 7.03. The lowest BCUT2D eigenvalue weighted by Gasteiger charge is -2.28. The molecule has 0 amide bonds. The maximum absolute atomic E-state index is 5.74. The maximum atomic E-state index is 5.74. The molecular weight excluding hydrogens is 314 g/mol. The van der Waals surface area contributed by atoms with Gasteiger partial charge in [-0.15, -0.1) is 0 Å². The Morgan fingerprint density at radius 3 is 2.85 bits per heavy atom. The average molecular weight is 338 g/mol. The van der Waals surface area contributed by atoms with Crippen LogP contribution in [0.2, 0.25) is 0 Å². The van der Waals surface area contributed by atoms with Crippen LogP contribution in [0.5, 0.6) is 5.75 Å². The molecule has 1 aliphatic heterocycles. The van der Waals surface area contributed by atoms with Crippen LogP contribution in [-0.4, -0.2) is 13.2 Å². The predicted octanol–water partition coefficient (Wildman–Crippen LogP) is 4.83. The molecule has 3 heteroatoms. The molecule has 1 aliphatic carbocycles. The molecule has 1 N–H and O–H groups in total. The normalized spacial score (nSPS) is 23.1. The van der Waals surface area contributed by atoms with E-state index < -0.39 is 0 Å². The van der Waals surface area contributed by atoms with E-state index in [1.807, 2.05) is 0 Å². The van der Waals surface area contributed by atoms with E-state index in [2.05, 4.69) is 39.4 Å². The quantitative estimate of drug-likeness (QED) is 0.849. The Balaban J connectivity index is 1.54. The summed E-state index contributed by atoms with van der Waals surface area (Å²) >= 11 is 3.57. The zero-order chi connectivity index (χ0) is 13.8. The summed E-state index contributed by atoms with van der Waals surface area (Å²) < 4.78 is 6.88. The fraction of sp³-hybridized carbons (Fsp3) is 0.647. The third kappa shape index (κ3) is 3.56. The molecule has 0 aromatic heterocycles. The highest BCUT2D eigenvalue weighted by Gasteiger charge is 2.21. The van der Waals surface area contributed by atoms with Crippen LogP contribution in [0.1, 0.15) is 56.6 Å². The molecule has 0 radical (unpaired) electrons. The topological polar surface area (TPSA) is 21.3 Å². The molecule has 0 bridgehead atoms. The van der Waals surface area contributed by atoms with E-state index in [9.17, 15) is 0 Å². The van der Waals surface area contributed by atoms with Crippen LogP contribution in [0, 0.1) is 5.92 Å². The lowest BCUT2D eigenvalue weighted by Crippen LogP contribution is -2.29. The van der Waals surface area contributed by atoms with Crippen molar-refractivity contribution in [3.8, 4) is 5.75 Å². The van der Waals surface area contributed by atoms with Crippen molar-refractivity contribution >= 4 is 15.9 Å². The van der Waals surface area contributed by atoms with Crippen molar-refractivity contribution in [2.24, 2.45) is 5.92 Å². The number of fused-ring (bicyclic) bond motifs is 1. The molecule has 1 saturated carbocycles. The van der Waals surface area contributed by atoms with Crippen LogP contribution in [0.3, 0.4) is 0 Å². The number of halogens is 1. The summed E-state index contributed by atoms with van der Waals surface area (Å²) in [6.45, 7) is 1.97. The Bertz CT molecular complexity index is 443. The Labute approximate surface area is 130 Å². The highest BCUT2D eigenvalue weighted by atomic mass is 79.9. The van der Waals surface area contributed by atoms with Gasteiger partial charge >= 0.3 is 0 Å². The largest absolute Gasteiger partial charge is 0.493 e. The summed E-state index contributed by atoms with van der Waals surface area (Å²) in [5.41, 5.74) is 1.31. The van der Waals surface area contributed by atoms with Gasteiger partial charge in [-0.25, -0.2) is 0 Å². The highest BCUT2D eigenvalue weighted by Crippen LogP contribution is 2.34. The molecule has 1 unspecified atom stereocenters. The lowest BCUT2D eigenvalue weighted by atomic mass is 9.87. The van der Waals surface area contributed by atoms with Crippen LogP contribution < -0.4 is 10.1 Å². The maximum Gasteiger partial charge on any atom is 0.124 e. The van der Waals surface area contributed by atoms with Gasteiger partial charge in [0.2, 0.25) is 0 Å². The fourth-order valence-corrected chi connectivity index (χ4v) is 3.89. The Hall–Kier alpha value is -0.540. The van der Waals surface area contributed by atoms with Gasteiger partial charge in [-0.2, -0.15) is 0 Å². The summed E-state index contributed by atoms with van der Waals surface area (Å²) in [5, 5.41) is 3.75. The summed E-state index contributed by atoms with van der Waals surface area (Å²) in [7, 11) is 0.